The van der Waals surface area contributed by atoms with Crippen LogP contribution in [0.5, 0.6) is 17.6 Å². The van der Waals surface area contributed by atoms with E-state index in [2.05, 4.69) is 21.0 Å². The summed E-state index contributed by atoms with van der Waals surface area (Å²) in [6.07, 6.45) is 14.0. The predicted molar refractivity (Wildman–Crippen MR) is 174 cm³/mol. The fourth-order valence-corrected chi connectivity index (χ4v) is 8.21. The van der Waals surface area contributed by atoms with E-state index < -0.39 is 5.82 Å². The molecule has 236 valence electrons. The molecule has 2 aromatic carbocycles. The average Bonchev–Trinajstić information content (AvgIpc) is 3.76. The van der Waals surface area contributed by atoms with Gasteiger partial charge in [0.05, 0.1) is 12.6 Å². The number of phenolic OH excluding ortho intramolecular Hbond substituents is 1. The maximum absolute atomic E-state index is 17.0. The van der Waals surface area contributed by atoms with E-state index in [1.54, 1.807) is 12.1 Å². The van der Waals surface area contributed by atoms with Crippen LogP contribution in [-0.2, 0) is 0 Å². The number of aromatic nitrogens is 3. The van der Waals surface area contributed by atoms with Crippen molar-refractivity contribution in [1.29, 1.82) is 0 Å². The second kappa shape index (κ2) is 10.7. The predicted octanol–water partition coefficient (Wildman–Crippen LogP) is 5.02. The van der Waals surface area contributed by atoms with Gasteiger partial charge in [0.1, 0.15) is 34.8 Å². The van der Waals surface area contributed by atoms with Crippen LogP contribution in [0, 0.1) is 23.6 Å². The Bertz CT molecular complexity index is 1920. The molecular weight excluding hydrogens is 583 g/mol. The molecule has 3 saturated heterocycles. The van der Waals surface area contributed by atoms with E-state index in [0.717, 1.165) is 51.9 Å². The minimum absolute atomic E-state index is 0.00827. The highest BCUT2D eigenvalue weighted by molar-refractivity contribution is 6.04. The highest BCUT2D eigenvalue weighted by Gasteiger charge is 2.46. The van der Waals surface area contributed by atoms with Gasteiger partial charge >= 0.3 is 6.01 Å². The van der Waals surface area contributed by atoms with E-state index in [1.807, 2.05) is 12.1 Å². The molecule has 2 aromatic heterocycles. The van der Waals surface area contributed by atoms with Crippen LogP contribution in [0.25, 0.3) is 32.9 Å². The molecule has 0 unspecified atom stereocenters. The van der Waals surface area contributed by atoms with Crippen molar-refractivity contribution in [2.75, 3.05) is 44.3 Å². The first-order valence-corrected chi connectivity index (χ1v) is 16.6. The highest BCUT2D eigenvalue weighted by atomic mass is 19.1. The number of nitrogens with one attached hydrogen (secondary N) is 1. The number of hydrogen-bond donors (Lipinski definition) is 2. The third-order valence-corrected chi connectivity index (χ3v) is 10.8. The number of hydrogen-bond acceptors (Lipinski definition) is 9. The van der Waals surface area contributed by atoms with Crippen LogP contribution in [0.4, 0.5) is 10.2 Å². The lowest BCUT2D eigenvalue weighted by atomic mass is 9.96. The summed E-state index contributed by atoms with van der Waals surface area (Å²) in [5.74, 6) is 2.96. The number of phenols is 1. The van der Waals surface area contributed by atoms with Crippen LogP contribution < -0.4 is 19.7 Å². The van der Waals surface area contributed by atoms with Crippen LogP contribution in [0.3, 0.4) is 0 Å². The number of anilines is 1. The number of fused-ring (bicyclic) bond motifs is 6. The lowest BCUT2D eigenvalue weighted by molar-refractivity contribution is 0.139. The van der Waals surface area contributed by atoms with Crippen molar-refractivity contribution in [3.63, 3.8) is 0 Å². The number of terminal acetylenes is 1. The molecule has 10 heteroatoms. The van der Waals surface area contributed by atoms with Gasteiger partial charge in [0.25, 0.3) is 0 Å². The Labute approximate surface area is 267 Å². The average molecular weight is 621 g/mol. The van der Waals surface area contributed by atoms with Gasteiger partial charge in [0.15, 0.2) is 5.82 Å². The summed E-state index contributed by atoms with van der Waals surface area (Å²) < 4.78 is 29.9. The van der Waals surface area contributed by atoms with E-state index in [1.165, 1.54) is 25.3 Å². The Kier molecular flexibility index (Phi) is 6.51. The molecule has 46 heavy (non-hydrogen) atoms. The van der Waals surface area contributed by atoms with Crippen LogP contribution in [0.15, 0.2) is 30.3 Å². The number of pyridine rings is 1. The monoisotopic (exact) mass is 620 g/mol. The van der Waals surface area contributed by atoms with Gasteiger partial charge in [0.2, 0.25) is 5.88 Å². The first-order valence-electron chi connectivity index (χ1n) is 16.6. The maximum atomic E-state index is 17.0. The van der Waals surface area contributed by atoms with Crippen LogP contribution in [0.1, 0.15) is 50.5 Å². The third kappa shape index (κ3) is 4.63. The molecule has 1 aliphatic carbocycles. The number of piperazine rings is 1. The van der Waals surface area contributed by atoms with Crippen molar-refractivity contribution in [1.82, 2.24) is 25.2 Å². The van der Waals surface area contributed by atoms with E-state index in [0.29, 0.717) is 52.4 Å². The SMILES string of the molecule is C#Cc1cccc2cc(O)cc(-c3nc4c5c(nc(OCC6(CN7CCCCC7)CC6)nc5c3F)N3C[C@H]5CC[C@H](N5)[C@H]3CO4)c12. The van der Waals surface area contributed by atoms with Gasteiger partial charge in [-0.25, -0.2) is 9.37 Å². The normalized spacial score (nSPS) is 24.7. The van der Waals surface area contributed by atoms with E-state index in [4.69, 9.17) is 30.8 Å². The Hall–Kier alpha value is -4.20. The lowest BCUT2D eigenvalue weighted by Gasteiger charge is -2.40. The summed E-state index contributed by atoms with van der Waals surface area (Å²) in [5.41, 5.74) is 1.16. The number of nitrogens with zero attached hydrogens (tertiary/aromatic N) is 5. The number of halogens is 1. The molecule has 2 bridgehead atoms. The van der Waals surface area contributed by atoms with Gasteiger partial charge in [-0.2, -0.15) is 9.97 Å². The van der Waals surface area contributed by atoms with Crippen molar-refractivity contribution in [2.45, 2.75) is 63.1 Å². The van der Waals surface area contributed by atoms with E-state index >= 15 is 4.39 Å². The molecule has 9 nitrogen and oxygen atoms in total. The first kappa shape index (κ1) is 28.1. The number of aromatic hydroxyl groups is 1. The van der Waals surface area contributed by atoms with Crippen molar-refractivity contribution in [3.8, 4) is 41.2 Å². The fraction of sp³-hybridized carbons (Fsp3) is 0.472. The van der Waals surface area contributed by atoms with Gasteiger partial charge in [-0.3, -0.25) is 0 Å². The molecule has 0 amide bonds. The lowest BCUT2D eigenvalue weighted by Crippen LogP contribution is -2.60. The van der Waals surface area contributed by atoms with Crippen molar-refractivity contribution in [2.24, 2.45) is 5.41 Å². The summed E-state index contributed by atoms with van der Waals surface area (Å²) in [5, 5.41) is 16.2. The van der Waals surface area contributed by atoms with Crippen molar-refractivity contribution >= 4 is 27.5 Å². The van der Waals surface area contributed by atoms with Gasteiger partial charge in [0, 0.05) is 47.1 Å². The van der Waals surface area contributed by atoms with Gasteiger partial charge < -0.3 is 29.7 Å². The molecule has 0 radical (unpaired) electrons. The van der Waals surface area contributed by atoms with E-state index in [9.17, 15) is 5.11 Å². The summed E-state index contributed by atoms with van der Waals surface area (Å²) in [4.78, 5) is 19.3. The minimum atomic E-state index is -0.624. The zero-order valence-electron chi connectivity index (χ0n) is 25.8. The molecule has 2 N–H and O–H groups in total. The smallest absolute Gasteiger partial charge is 0.319 e. The largest absolute Gasteiger partial charge is 0.508 e. The molecule has 9 rings (SSSR count). The van der Waals surface area contributed by atoms with Crippen LogP contribution in [0.2, 0.25) is 0 Å². The van der Waals surface area contributed by atoms with Crippen molar-refractivity contribution < 1.29 is 19.0 Å². The first-order chi connectivity index (χ1) is 22.5. The molecular formula is C36H37FN6O3. The minimum Gasteiger partial charge on any atom is -0.508 e. The topological polar surface area (TPSA) is 95.9 Å². The zero-order chi connectivity index (χ0) is 31.0. The highest BCUT2D eigenvalue weighted by Crippen LogP contribution is 2.48. The number of ether oxygens (including phenoxy) is 2. The van der Waals surface area contributed by atoms with Gasteiger partial charge in [-0.05, 0) is 75.2 Å². The number of likely N-dealkylation sites (tertiary alicyclic amines) is 1. The molecule has 3 atom stereocenters. The second-order valence-electron chi connectivity index (χ2n) is 13.9. The number of piperidine rings is 1. The van der Waals surface area contributed by atoms with E-state index in [-0.39, 0.29) is 46.3 Å². The Morgan fingerprint density at radius 1 is 1.11 bits per heavy atom. The van der Waals surface area contributed by atoms with Gasteiger partial charge in [-0.1, -0.05) is 24.5 Å². The third-order valence-electron chi connectivity index (χ3n) is 10.8. The molecule has 0 spiro atoms. The van der Waals surface area contributed by atoms with Crippen LogP contribution >= 0.6 is 0 Å². The van der Waals surface area contributed by atoms with Crippen LogP contribution in [-0.4, -0.2) is 82.5 Å². The summed E-state index contributed by atoms with van der Waals surface area (Å²) in [6, 6.07) is 9.33. The molecule has 6 heterocycles. The molecule has 5 aliphatic rings. The summed E-state index contributed by atoms with van der Waals surface area (Å²) in [7, 11) is 0. The molecule has 1 saturated carbocycles. The van der Waals surface area contributed by atoms with Gasteiger partial charge in [-0.15, -0.1) is 6.42 Å². The molecule has 4 aromatic rings. The zero-order valence-corrected chi connectivity index (χ0v) is 25.8. The Morgan fingerprint density at radius 2 is 1.98 bits per heavy atom. The second-order valence-corrected chi connectivity index (χ2v) is 13.9. The maximum Gasteiger partial charge on any atom is 0.319 e. The van der Waals surface area contributed by atoms with Crippen molar-refractivity contribution in [3.05, 3.63) is 41.7 Å². The molecule has 4 fully saturated rings. The Balaban J connectivity index is 1.19. The summed E-state index contributed by atoms with van der Waals surface area (Å²) >= 11 is 0. The summed E-state index contributed by atoms with van der Waals surface area (Å²) in [6.45, 7) is 4.90. The fourth-order valence-electron chi connectivity index (χ4n) is 8.21. The molecule has 4 aliphatic heterocycles. The number of rotatable bonds is 6. The quantitative estimate of drug-likeness (QED) is 0.288. The number of benzene rings is 2. The standard InChI is InChI=1S/C36H37FN6O3/c1-2-21-7-6-8-22-15-24(44)16-25(28(21)22)31-30(37)32-29-33(43-17-23-9-10-26(38-23)27(43)18-45-34(29)39-31)41-35(40-32)46-20-36(11-12-36)19-42-13-4-3-5-14-42/h1,6-8,15-16,23,26-27,38,44H,3-5,9-14,17-20H2/t23-,26+,27-/m1/s1. The Morgan fingerprint density at radius 3 is 2.80 bits per heavy atom.